The third-order valence-electron chi connectivity index (χ3n) is 4.76. The molecule has 0 unspecified atom stereocenters. The summed E-state index contributed by atoms with van der Waals surface area (Å²) in [6, 6.07) is 31.7. The lowest BCUT2D eigenvalue weighted by atomic mass is 10.3. The van der Waals surface area contributed by atoms with E-state index >= 15 is 0 Å². The predicted molar refractivity (Wildman–Crippen MR) is 134 cm³/mol. The Morgan fingerprint density at radius 1 is 0.800 bits per heavy atom. The van der Waals surface area contributed by atoms with E-state index in [1.807, 2.05) is 41.7 Å². The molecule has 0 radical (unpaired) electrons. The summed E-state index contributed by atoms with van der Waals surface area (Å²) in [5.41, 5.74) is 3.66. The molecule has 1 aliphatic rings. The highest BCUT2D eigenvalue weighted by Crippen LogP contribution is 2.61. The summed E-state index contributed by atoms with van der Waals surface area (Å²) in [5, 5.41) is 6.72. The second kappa shape index (κ2) is 10.4. The summed E-state index contributed by atoms with van der Waals surface area (Å²) in [5.74, 6) is 1.84. The molecule has 3 aromatic carbocycles. The molecule has 0 spiro atoms. The first-order chi connectivity index (χ1) is 14.8. The molecule has 0 saturated carbocycles. The van der Waals surface area contributed by atoms with Crippen molar-refractivity contribution < 1.29 is 0 Å². The minimum atomic E-state index is -0.510. The van der Waals surface area contributed by atoms with Gasteiger partial charge in [0.25, 0.3) is 0 Å². The van der Waals surface area contributed by atoms with E-state index in [0.717, 1.165) is 36.9 Å². The molecule has 30 heavy (non-hydrogen) atoms. The van der Waals surface area contributed by atoms with Crippen LogP contribution in [0.3, 0.4) is 0 Å². The van der Waals surface area contributed by atoms with Crippen LogP contribution in [0.15, 0.2) is 103 Å². The SMILES string of the molecule is C=C(NCCSP1N(c2ccccc2)CCN1c1ccccc1)Nc1ccccc1. The maximum atomic E-state index is 4.10. The molecular formula is C24H27N4PS. The topological polar surface area (TPSA) is 30.5 Å². The predicted octanol–water partition coefficient (Wildman–Crippen LogP) is 6.15. The van der Waals surface area contributed by atoms with Crippen LogP contribution in [0.2, 0.25) is 0 Å². The van der Waals surface area contributed by atoms with Gasteiger partial charge in [-0.3, -0.25) is 0 Å². The molecule has 1 fully saturated rings. The fourth-order valence-corrected chi connectivity index (χ4v) is 8.09. The van der Waals surface area contributed by atoms with Gasteiger partial charge in [-0.2, -0.15) is 0 Å². The molecule has 3 aromatic rings. The zero-order chi connectivity index (χ0) is 20.6. The Balaban J connectivity index is 1.36. The van der Waals surface area contributed by atoms with E-state index in [4.69, 9.17) is 0 Å². The molecule has 4 nitrogen and oxygen atoms in total. The van der Waals surface area contributed by atoms with Crippen molar-refractivity contribution in [2.24, 2.45) is 0 Å². The maximum Gasteiger partial charge on any atom is 0.160 e. The summed E-state index contributed by atoms with van der Waals surface area (Å²) in [4.78, 5) is 0. The number of anilines is 3. The Morgan fingerprint density at radius 2 is 1.30 bits per heavy atom. The number of benzene rings is 3. The van der Waals surface area contributed by atoms with E-state index < -0.39 is 7.42 Å². The van der Waals surface area contributed by atoms with Gasteiger partial charge in [-0.25, -0.2) is 0 Å². The normalized spacial score (nSPS) is 14.0. The van der Waals surface area contributed by atoms with Gasteiger partial charge in [0, 0.05) is 42.4 Å². The molecule has 1 aliphatic heterocycles. The number of hydrogen-bond donors (Lipinski definition) is 2. The molecule has 0 aliphatic carbocycles. The van der Waals surface area contributed by atoms with Gasteiger partial charge in [0.1, 0.15) is 0 Å². The first-order valence-corrected chi connectivity index (χ1v) is 13.0. The Labute approximate surface area is 184 Å². The molecule has 0 amide bonds. The minimum absolute atomic E-state index is 0.510. The van der Waals surface area contributed by atoms with Crippen LogP contribution in [-0.4, -0.2) is 25.4 Å². The van der Waals surface area contributed by atoms with E-state index in [0.29, 0.717) is 0 Å². The molecule has 1 saturated heterocycles. The lowest BCUT2D eigenvalue weighted by Gasteiger charge is -2.31. The van der Waals surface area contributed by atoms with Crippen LogP contribution in [0.25, 0.3) is 0 Å². The van der Waals surface area contributed by atoms with Crippen molar-refractivity contribution in [3.05, 3.63) is 103 Å². The standard InChI is InChI=1S/C24H27N4PS/c1-21(26-22-11-5-2-6-12-22)25-17-20-30-29-27(23-13-7-3-8-14-23)18-19-28(29)24-15-9-4-10-16-24/h2-16,25-26H,1,17-20H2. The van der Waals surface area contributed by atoms with Crippen LogP contribution < -0.4 is 20.0 Å². The highest BCUT2D eigenvalue weighted by Gasteiger charge is 2.33. The Hall–Kier alpha value is -2.62. The fraction of sp³-hybridized carbons (Fsp3) is 0.167. The minimum Gasteiger partial charge on any atom is -0.371 e. The first kappa shape index (κ1) is 20.6. The van der Waals surface area contributed by atoms with Gasteiger partial charge in [0.05, 0.1) is 5.82 Å². The van der Waals surface area contributed by atoms with Crippen LogP contribution in [0.1, 0.15) is 0 Å². The Kier molecular flexibility index (Phi) is 7.17. The van der Waals surface area contributed by atoms with Crippen molar-refractivity contribution >= 4 is 35.9 Å². The largest absolute Gasteiger partial charge is 0.371 e. The third kappa shape index (κ3) is 5.29. The van der Waals surface area contributed by atoms with E-state index in [9.17, 15) is 0 Å². The Morgan fingerprint density at radius 3 is 1.83 bits per heavy atom. The van der Waals surface area contributed by atoms with Crippen molar-refractivity contribution in [2.75, 3.05) is 40.0 Å². The summed E-state index contributed by atoms with van der Waals surface area (Å²) < 4.78 is 5.12. The lowest BCUT2D eigenvalue weighted by Crippen LogP contribution is -2.21. The van der Waals surface area contributed by atoms with Crippen LogP contribution in [0, 0.1) is 0 Å². The van der Waals surface area contributed by atoms with Crippen molar-refractivity contribution in [2.45, 2.75) is 0 Å². The van der Waals surface area contributed by atoms with Crippen molar-refractivity contribution in [3.8, 4) is 0 Å². The van der Waals surface area contributed by atoms with Crippen molar-refractivity contribution in [3.63, 3.8) is 0 Å². The maximum absolute atomic E-state index is 4.10. The fourth-order valence-electron chi connectivity index (χ4n) is 3.36. The molecule has 154 valence electrons. The monoisotopic (exact) mass is 434 g/mol. The van der Waals surface area contributed by atoms with Crippen LogP contribution in [0.4, 0.5) is 17.1 Å². The van der Waals surface area contributed by atoms with Crippen molar-refractivity contribution in [1.29, 1.82) is 0 Å². The average molecular weight is 435 g/mol. The van der Waals surface area contributed by atoms with E-state index in [1.165, 1.54) is 11.4 Å². The van der Waals surface area contributed by atoms with E-state index in [1.54, 1.807) is 0 Å². The number of nitrogens with one attached hydrogen (secondary N) is 2. The summed E-state index contributed by atoms with van der Waals surface area (Å²) in [6.45, 7) is 7.06. The number of rotatable bonds is 9. The highest BCUT2D eigenvalue weighted by molar-refractivity contribution is 8.56. The number of para-hydroxylation sites is 3. The molecule has 6 heteroatoms. The van der Waals surface area contributed by atoms with Crippen molar-refractivity contribution in [1.82, 2.24) is 5.32 Å². The Bertz CT molecular complexity index is 876. The van der Waals surface area contributed by atoms with Gasteiger partial charge in [0.15, 0.2) is 7.42 Å². The number of hydrogen-bond acceptors (Lipinski definition) is 5. The second-order valence-electron chi connectivity index (χ2n) is 6.90. The molecule has 2 N–H and O–H groups in total. The van der Waals surface area contributed by atoms with Gasteiger partial charge < -0.3 is 20.0 Å². The lowest BCUT2D eigenvalue weighted by molar-refractivity contribution is 0.873. The van der Waals surface area contributed by atoms with Gasteiger partial charge in [-0.1, -0.05) is 72.6 Å². The van der Waals surface area contributed by atoms with Crippen LogP contribution in [-0.2, 0) is 0 Å². The zero-order valence-electron chi connectivity index (χ0n) is 16.9. The summed E-state index contributed by atoms with van der Waals surface area (Å²) in [7, 11) is -0.510. The summed E-state index contributed by atoms with van der Waals surface area (Å²) >= 11 is 2.02. The highest BCUT2D eigenvalue weighted by atomic mass is 32.7. The molecule has 0 aromatic heterocycles. The second-order valence-corrected chi connectivity index (χ2v) is 10.8. The molecule has 0 atom stereocenters. The van der Waals surface area contributed by atoms with Gasteiger partial charge >= 0.3 is 0 Å². The van der Waals surface area contributed by atoms with Gasteiger partial charge in [0.2, 0.25) is 0 Å². The van der Waals surface area contributed by atoms with Gasteiger partial charge in [-0.05, 0) is 36.4 Å². The zero-order valence-corrected chi connectivity index (χ0v) is 18.7. The van der Waals surface area contributed by atoms with E-state index in [-0.39, 0.29) is 0 Å². The number of nitrogens with zero attached hydrogens (tertiary/aromatic N) is 2. The third-order valence-corrected chi connectivity index (χ3v) is 9.49. The quantitative estimate of drug-likeness (QED) is 0.312. The van der Waals surface area contributed by atoms with E-state index in [2.05, 4.69) is 87.2 Å². The first-order valence-electron chi connectivity index (χ1n) is 10.1. The van der Waals surface area contributed by atoms with Crippen LogP contribution >= 0.6 is 18.8 Å². The smallest absolute Gasteiger partial charge is 0.160 e. The molecular weight excluding hydrogens is 407 g/mol. The molecule has 1 heterocycles. The van der Waals surface area contributed by atoms with Gasteiger partial charge in [-0.15, -0.1) is 0 Å². The molecule has 0 bridgehead atoms. The molecule has 4 rings (SSSR count). The van der Waals surface area contributed by atoms with Crippen LogP contribution in [0.5, 0.6) is 0 Å². The average Bonchev–Trinajstić information content (AvgIpc) is 3.22. The summed E-state index contributed by atoms with van der Waals surface area (Å²) in [6.07, 6.45) is 0.